The largest absolute Gasteiger partial charge is 0.476 e. The summed E-state index contributed by atoms with van der Waals surface area (Å²) >= 11 is 1.42. The normalized spacial score (nSPS) is 24.9. The van der Waals surface area contributed by atoms with Crippen LogP contribution >= 0.6 is 11.3 Å². The Balaban J connectivity index is 0.930. The first-order valence-corrected chi connectivity index (χ1v) is 22.1. The average molecular weight is 861 g/mol. The number of benzene rings is 2. The summed E-state index contributed by atoms with van der Waals surface area (Å²) in [7, 11) is 0. The second kappa shape index (κ2) is 15.5. The van der Waals surface area contributed by atoms with E-state index < -0.39 is 23.6 Å². The molecule has 4 saturated carbocycles. The molecule has 2 unspecified atom stereocenters. The van der Waals surface area contributed by atoms with Gasteiger partial charge in [-0.2, -0.15) is 5.10 Å². The molecular formula is C46H52N8O7S. The number of aromatic carboxylic acids is 1. The van der Waals surface area contributed by atoms with Crippen LogP contribution in [-0.4, -0.2) is 90.6 Å². The number of hydrogen-bond donors (Lipinski definition) is 4. The van der Waals surface area contributed by atoms with Crippen LogP contribution in [0.5, 0.6) is 0 Å². The van der Waals surface area contributed by atoms with E-state index in [1.165, 1.54) is 16.2 Å². The van der Waals surface area contributed by atoms with E-state index in [1.807, 2.05) is 71.1 Å². The third kappa shape index (κ3) is 7.89. The number of para-hydroxylation sites is 1. The molecule has 324 valence electrons. The number of anilines is 2. The minimum Gasteiger partial charge on any atom is -0.476 e. The molecule has 15 nitrogen and oxygen atoms in total. The Morgan fingerprint density at radius 1 is 0.919 bits per heavy atom. The number of thiazole rings is 1. The summed E-state index contributed by atoms with van der Waals surface area (Å²) in [5.41, 5.74) is 10.1. The van der Waals surface area contributed by atoms with E-state index in [4.69, 9.17) is 20.6 Å². The smallest absolute Gasteiger partial charge is 0.407 e. The number of carbonyl (C=O) groups is 4. The molecule has 5 aliphatic rings. The van der Waals surface area contributed by atoms with Crippen molar-refractivity contribution in [2.24, 2.45) is 22.0 Å². The van der Waals surface area contributed by atoms with Gasteiger partial charge in [0, 0.05) is 61.5 Å². The highest BCUT2D eigenvalue weighted by Gasteiger charge is 2.66. The quantitative estimate of drug-likeness (QED) is 0.0868. The fourth-order valence-corrected chi connectivity index (χ4v) is 13.2. The van der Waals surface area contributed by atoms with Gasteiger partial charge in [-0.1, -0.05) is 49.4 Å². The van der Waals surface area contributed by atoms with Crippen molar-refractivity contribution in [1.29, 1.82) is 0 Å². The summed E-state index contributed by atoms with van der Waals surface area (Å²) in [6.45, 7) is 8.73. The van der Waals surface area contributed by atoms with Gasteiger partial charge in [-0.3, -0.25) is 19.6 Å². The number of carboxylic acids is 1. The van der Waals surface area contributed by atoms with Gasteiger partial charge in [-0.25, -0.2) is 19.6 Å². The Bertz CT molecular complexity index is 2570. The van der Waals surface area contributed by atoms with Gasteiger partial charge in [0.1, 0.15) is 5.82 Å². The van der Waals surface area contributed by atoms with E-state index in [2.05, 4.69) is 24.1 Å². The molecule has 2 atom stereocenters. The van der Waals surface area contributed by atoms with Gasteiger partial charge in [0.2, 0.25) is 5.91 Å². The zero-order chi connectivity index (χ0) is 43.6. The van der Waals surface area contributed by atoms with E-state index in [9.17, 15) is 29.4 Å². The van der Waals surface area contributed by atoms with Crippen LogP contribution in [0.25, 0.3) is 21.3 Å². The number of ether oxygens (including phenoxy) is 1. The molecule has 5 N–H and O–H groups in total. The summed E-state index contributed by atoms with van der Waals surface area (Å²) in [4.78, 5) is 62.4. The zero-order valence-electron chi connectivity index (χ0n) is 35.3. The summed E-state index contributed by atoms with van der Waals surface area (Å²) in [5.74, 6) is -1.41. The Morgan fingerprint density at radius 3 is 2.42 bits per heavy atom. The predicted octanol–water partition coefficient (Wildman–Crippen LogP) is 7.37. The van der Waals surface area contributed by atoms with Crippen LogP contribution < -0.4 is 16.0 Å². The number of carboxylic acid groups (broad SMARTS) is 2. The van der Waals surface area contributed by atoms with Crippen molar-refractivity contribution in [3.05, 3.63) is 88.9 Å². The molecule has 5 aromatic rings. The molecule has 10 rings (SSSR count). The van der Waals surface area contributed by atoms with Crippen molar-refractivity contribution < 1.29 is 34.1 Å². The van der Waals surface area contributed by atoms with E-state index >= 15 is 0 Å². The van der Waals surface area contributed by atoms with Crippen LogP contribution in [0.2, 0.25) is 0 Å². The number of nitrogens with two attached hydrogens (primary N) is 1. The first-order chi connectivity index (χ1) is 29.5. The fraction of sp³-hybridized carbons (Fsp3) is 0.457. The van der Waals surface area contributed by atoms with Gasteiger partial charge < -0.3 is 30.5 Å². The number of amides is 3. The molecule has 0 spiro atoms. The monoisotopic (exact) mass is 860 g/mol. The van der Waals surface area contributed by atoms with Gasteiger partial charge in [0.05, 0.1) is 28.6 Å². The molecule has 4 aliphatic carbocycles. The highest BCUT2D eigenvalue weighted by molar-refractivity contribution is 7.22. The highest BCUT2D eigenvalue weighted by Crippen LogP contribution is 2.72. The number of carbonyl (C=O) groups excluding carboxylic acids is 2. The van der Waals surface area contributed by atoms with Crippen molar-refractivity contribution in [2.75, 3.05) is 36.5 Å². The van der Waals surface area contributed by atoms with Gasteiger partial charge >= 0.3 is 12.1 Å². The lowest BCUT2D eigenvalue weighted by atomic mass is 9.39. The molecule has 0 radical (unpaired) electrons. The standard InChI is InChI=1S/C46H52N8O7S/c1-28-32(19-48-54(28)27-45-22-43(2)21-44(3,23-45)25-46(24-43,26-45)61-18-17-52(42(59)60)16-14-36(47)55)30-11-12-37(50-38(30)40(57)58)53-15-13-29-7-6-8-31(33(29)20-53)39(56)51-41-49-34-9-4-5-10-35(34)62-41/h4-12,19H,13-18,20-27H2,1-3H3,(H2,47,55)(H,57,58)(H,59,60)(H,49,51,56). The molecule has 3 amide bonds. The summed E-state index contributed by atoms with van der Waals surface area (Å²) in [5, 5.41) is 28.7. The Kier molecular flexibility index (Phi) is 10.4. The molecule has 4 fully saturated rings. The number of hydrogen-bond acceptors (Lipinski definition) is 10. The maximum absolute atomic E-state index is 13.7. The summed E-state index contributed by atoms with van der Waals surface area (Å²) in [6, 6.07) is 17.2. The van der Waals surface area contributed by atoms with Crippen LogP contribution in [-0.2, 0) is 29.0 Å². The molecule has 4 bridgehead atoms. The highest BCUT2D eigenvalue weighted by atomic mass is 32.1. The Labute approximate surface area is 363 Å². The van der Waals surface area contributed by atoms with Crippen LogP contribution in [0.4, 0.5) is 15.7 Å². The van der Waals surface area contributed by atoms with Crippen molar-refractivity contribution >= 4 is 56.4 Å². The predicted molar refractivity (Wildman–Crippen MR) is 234 cm³/mol. The van der Waals surface area contributed by atoms with Crippen molar-refractivity contribution in [3.63, 3.8) is 0 Å². The number of aromatic nitrogens is 4. The third-order valence-electron chi connectivity index (χ3n) is 13.6. The number of nitrogens with zero attached hydrogens (tertiary/aromatic N) is 6. The third-order valence-corrected chi connectivity index (χ3v) is 14.6. The van der Waals surface area contributed by atoms with Crippen LogP contribution in [0.15, 0.2) is 60.8 Å². The summed E-state index contributed by atoms with van der Waals surface area (Å²) in [6.07, 6.45) is 6.99. The molecule has 2 aromatic carbocycles. The molecule has 4 heterocycles. The number of nitrogens with one attached hydrogen (secondary N) is 1. The van der Waals surface area contributed by atoms with E-state index in [1.54, 1.807) is 6.20 Å². The number of primary amides is 1. The van der Waals surface area contributed by atoms with Crippen LogP contribution in [0.3, 0.4) is 0 Å². The average Bonchev–Trinajstić information content (AvgIpc) is 3.78. The SMILES string of the molecule is Cc1c(-c2ccc(N3CCc4cccc(C(=O)Nc5nc6ccccc6s5)c4C3)nc2C(=O)O)cnn1CC12CC3(C)CC(C)(C1)CC(OCCN(CCC(N)=O)C(=O)O)(C3)C2. The molecule has 1 aliphatic heterocycles. The van der Waals surface area contributed by atoms with Crippen LogP contribution in [0, 0.1) is 23.2 Å². The lowest BCUT2D eigenvalue weighted by Crippen LogP contribution is -2.64. The molecule has 16 heteroatoms. The van der Waals surface area contributed by atoms with Crippen molar-refractivity contribution in [3.8, 4) is 11.1 Å². The van der Waals surface area contributed by atoms with E-state index in [0.29, 0.717) is 53.7 Å². The lowest BCUT2D eigenvalue weighted by molar-refractivity contribution is -0.248. The number of pyridine rings is 1. The second-order valence-electron chi connectivity index (χ2n) is 18.9. The van der Waals surface area contributed by atoms with Crippen molar-refractivity contribution in [1.82, 2.24) is 24.6 Å². The minimum absolute atomic E-state index is 0.0317. The van der Waals surface area contributed by atoms with Crippen molar-refractivity contribution in [2.45, 2.75) is 90.8 Å². The zero-order valence-corrected chi connectivity index (χ0v) is 36.1. The maximum atomic E-state index is 13.7. The lowest BCUT2D eigenvalue weighted by Gasteiger charge is -2.69. The van der Waals surface area contributed by atoms with Gasteiger partial charge in [-0.05, 0) is 110 Å². The van der Waals surface area contributed by atoms with E-state index in [0.717, 1.165) is 65.6 Å². The molecular weight excluding hydrogens is 809 g/mol. The summed E-state index contributed by atoms with van der Waals surface area (Å²) < 4.78 is 9.76. The van der Waals surface area contributed by atoms with Gasteiger partial charge in [-0.15, -0.1) is 0 Å². The number of fused-ring (bicyclic) bond motifs is 2. The van der Waals surface area contributed by atoms with Crippen LogP contribution in [0.1, 0.15) is 96.5 Å². The van der Waals surface area contributed by atoms with E-state index in [-0.39, 0.29) is 54.0 Å². The maximum Gasteiger partial charge on any atom is 0.407 e. The first kappa shape index (κ1) is 41.5. The second-order valence-corrected chi connectivity index (χ2v) is 20.0. The molecule has 62 heavy (non-hydrogen) atoms. The first-order valence-electron chi connectivity index (χ1n) is 21.2. The van der Waals surface area contributed by atoms with Gasteiger partial charge in [0.15, 0.2) is 10.8 Å². The minimum atomic E-state index is -1.14. The Hall–Kier alpha value is -5.87. The topological polar surface area (TPSA) is 206 Å². The Morgan fingerprint density at radius 2 is 1.69 bits per heavy atom. The van der Waals surface area contributed by atoms with Gasteiger partial charge in [0.25, 0.3) is 5.91 Å². The molecule has 0 saturated heterocycles. The molecule has 3 aromatic heterocycles. The fourth-order valence-electron chi connectivity index (χ4n) is 12.3. The number of rotatable bonds is 14.